The van der Waals surface area contributed by atoms with Crippen molar-refractivity contribution < 1.29 is 39.1 Å². The maximum absolute atomic E-state index is 13.6. The molecule has 2 aromatic carbocycles. The van der Waals surface area contributed by atoms with Gasteiger partial charge in [0.25, 0.3) is 11.8 Å². The Kier molecular flexibility index (Phi) is 4.83. The van der Waals surface area contributed by atoms with Gasteiger partial charge in [-0.3, -0.25) is 19.3 Å². The van der Waals surface area contributed by atoms with Crippen LogP contribution in [0.25, 0.3) is 0 Å². The predicted octanol–water partition coefficient (Wildman–Crippen LogP) is 2.43. The summed E-state index contributed by atoms with van der Waals surface area (Å²) in [6, 6.07) is 5.42. The smallest absolute Gasteiger partial charge is 0.264 e. The highest BCUT2D eigenvalue weighted by Gasteiger charge is 2.43. The number of fused-ring (bicyclic) bond motifs is 1. The van der Waals surface area contributed by atoms with Gasteiger partial charge in [0, 0.05) is 20.0 Å². The topological polar surface area (TPSA) is 119 Å². The minimum Gasteiger partial charge on any atom is -0.493 e. The number of carbonyl (C=O) groups is 3. The molecule has 170 valence electrons. The standard InChI is InChI=1S/C22H24N2O7S/c1-5-31-19-11-14(9-10-18(19)30-3)17(12-32(4,28)29)24-21(26)15-7-6-8-16(23-13(2)25)20(15)22(24)27/h6-11,17H,5,12H2,1-4H3,(H,23,25)/t17-/m0/s1/i4D3,12D2. The van der Waals surface area contributed by atoms with Crippen LogP contribution in [0.1, 0.15) is 53.0 Å². The molecule has 0 aliphatic carbocycles. The fraction of sp³-hybridized carbons (Fsp3) is 0.318. The van der Waals surface area contributed by atoms with Crippen LogP contribution in [0.5, 0.6) is 11.5 Å². The first-order chi connectivity index (χ1) is 17.1. The Bertz CT molecular complexity index is 1380. The number of methoxy groups -OCH3 is 1. The number of ether oxygens (including phenoxy) is 2. The van der Waals surface area contributed by atoms with Crippen LogP contribution in [0.3, 0.4) is 0 Å². The average Bonchev–Trinajstić information content (AvgIpc) is 3.04. The van der Waals surface area contributed by atoms with Gasteiger partial charge >= 0.3 is 0 Å². The van der Waals surface area contributed by atoms with Crippen LogP contribution in [0.2, 0.25) is 0 Å². The maximum Gasteiger partial charge on any atom is 0.264 e. The highest BCUT2D eigenvalue weighted by molar-refractivity contribution is 7.90. The van der Waals surface area contributed by atoms with Gasteiger partial charge in [-0.2, -0.15) is 0 Å². The number of nitrogens with zero attached hydrogens (tertiary/aromatic N) is 1. The molecular weight excluding hydrogens is 436 g/mol. The number of imide groups is 1. The SMILES string of the molecule is [2H]C([2H])([2H])S(=O)(=O)C([2H])([2H])[C@@H](c1ccc(OC)c(OCC)c1)N1C(=O)c2cccc(NC(C)=O)c2C1=O. The lowest BCUT2D eigenvalue weighted by molar-refractivity contribution is -0.114. The summed E-state index contributed by atoms with van der Waals surface area (Å²) < 4.78 is 76.0. The summed E-state index contributed by atoms with van der Waals surface area (Å²) in [4.78, 5) is 39.0. The summed E-state index contributed by atoms with van der Waals surface area (Å²) in [6.07, 6.45) is -3.82. The van der Waals surface area contributed by atoms with E-state index in [0.717, 1.165) is 0 Å². The second kappa shape index (κ2) is 8.99. The Hall–Kier alpha value is -3.40. The van der Waals surface area contributed by atoms with Crippen molar-refractivity contribution in [3.63, 3.8) is 0 Å². The molecule has 0 aromatic heterocycles. The third-order valence-electron chi connectivity index (χ3n) is 4.59. The molecule has 0 bridgehead atoms. The minimum absolute atomic E-state index is 0.0464. The van der Waals surface area contributed by atoms with Crippen molar-refractivity contribution in [1.82, 2.24) is 4.90 Å². The van der Waals surface area contributed by atoms with Crippen molar-refractivity contribution >= 4 is 33.2 Å². The Balaban J connectivity index is 2.31. The fourth-order valence-electron chi connectivity index (χ4n) is 3.38. The quantitative estimate of drug-likeness (QED) is 0.595. The number of anilines is 1. The molecule has 1 aliphatic rings. The first kappa shape index (κ1) is 17.2. The van der Waals surface area contributed by atoms with Gasteiger partial charge in [-0.25, -0.2) is 8.42 Å². The second-order valence-electron chi connectivity index (χ2n) is 6.76. The number of nitrogens with one attached hydrogen (secondary N) is 1. The van der Waals surface area contributed by atoms with Gasteiger partial charge in [0.1, 0.15) is 9.84 Å². The van der Waals surface area contributed by atoms with Crippen LogP contribution in [-0.2, 0) is 14.6 Å². The molecule has 0 unspecified atom stereocenters. The van der Waals surface area contributed by atoms with Gasteiger partial charge in [0.15, 0.2) is 11.5 Å². The van der Waals surface area contributed by atoms with Gasteiger partial charge in [-0.1, -0.05) is 12.1 Å². The van der Waals surface area contributed by atoms with Crippen molar-refractivity contribution in [2.45, 2.75) is 19.9 Å². The summed E-state index contributed by atoms with van der Waals surface area (Å²) >= 11 is 0. The van der Waals surface area contributed by atoms with Crippen LogP contribution in [-0.4, -0.2) is 56.6 Å². The number of hydrogen-bond acceptors (Lipinski definition) is 7. The summed E-state index contributed by atoms with van der Waals surface area (Å²) in [5.41, 5.74) is -4.47. The van der Waals surface area contributed by atoms with E-state index in [1.54, 1.807) is 6.92 Å². The molecule has 3 rings (SSSR count). The maximum atomic E-state index is 13.6. The number of rotatable bonds is 8. The molecular formula is C22H24N2O7S. The molecule has 3 amide bonds. The zero-order chi connectivity index (χ0) is 27.9. The van der Waals surface area contributed by atoms with E-state index in [-0.39, 0.29) is 40.5 Å². The van der Waals surface area contributed by atoms with Crippen LogP contribution in [0.15, 0.2) is 36.4 Å². The van der Waals surface area contributed by atoms with Crippen LogP contribution >= 0.6 is 0 Å². The van der Waals surface area contributed by atoms with Crippen molar-refractivity contribution in [3.8, 4) is 11.5 Å². The summed E-state index contributed by atoms with van der Waals surface area (Å²) in [7, 11) is -4.29. The average molecular weight is 466 g/mol. The molecule has 9 nitrogen and oxygen atoms in total. The zero-order valence-corrected chi connectivity index (χ0v) is 18.3. The lowest BCUT2D eigenvalue weighted by Gasteiger charge is -2.27. The Labute approximate surface area is 193 Å². The van der Waals surface area contributed by atoms with Crippen LogP contribution in [0, 0.1) is 0 Å². The van der Waals surface area contributed by atoms with Crippen LogP contribution < -0.4 is 14.8 Å². The Morgan fingerprint density at radius 1 is 1.22 bits per heavy atom. The van der Waals surface area contributed by atoms with Crippen molar-refractivity contribution in [2.24, 2.45) is 0 Å². The molecule has 2 aromatic rings. The van der Waals surface area contributed by atoms with Gasteiger partial charge < -0.3 is 14.8 Å². The molecule has 0 saturated carbocycles. The molecule has 0 saturated heterocycles. The normalized spacial score (nSPS) is 17.3. The first-order valence-corrected chi connectivity index (χ1v) is 10.9. The third kappa shape index (κ3) is 4.59. The molecule has 0 radical (unpaired) electrons. The van der Waals surface area contributed by atoms with E-state index >= 15 is 0 Å². The summed E-state index contributed by atoms with van der Waals surface area (Å²) in [5.74, 6) is -2.51. The summed E-state index contributed by atoms with van der Waals surface area (Å²) in [5, 5.41) is 2.41. The van der Waals surface area contributed by atoms with Crippen molar-refractivity contribution in [2.75, 3.05) is 30.9 Å². The number of hydrogen-bond donors (Lipinski definition) is 1. The molecule has 1 heterocycles. The zero-order valence-electron chi connectivity index (χ0n) is 22.5. The van der Waals surface area contributed by atoms with E-state index in [1.165, 1.54) is 50.4 Å². The molecule has 0 spiro atoms. The number of sulfone groups is 1. The van der Waals surface area contributed by atoms with E-state index in [9.17, 15) is 22.8 Å². The summed E-state index contributed by atoms with van der Waals surface area (Å²) in [6.45, 7) is 2.96. The first-order valence-electron chi connectivity index (χ1n) is 11.9. The van der Waals surface area contributed by atoms with E-state index < -0.39 is 45.5 Å². The fourth-order valence-corrected chi connectivity index (χ4v) is 3.92. The van der Waals surface area contributed by atoms with Crippen molar-refractivity contribution in [1.29, 1.82) is 0 Å². The van der Waals surface area contributed by atoms with E-state index in [4.69, 9.17) is 16.3 Å². The van der Waals surface area contributed by atoms with E-state index in [0.29, 0.717) is 4.90 Å². The van der Waals surface area contributed by atoms with Gasteiger partial charge in [-0.05, 0) is 36.8 Å². The number of carbonyl (C=O) groups excluding carboxylic acids is 3. The molecule has 1 N–H and O–H groups in total. The second-order valence-corrected chi connectivity index (χ2v) is 8.00. The van der Waals surface area contributed by atoms with E-state index in [1.807, 2.05) is 0 Å². The minimum atomic E-state index is -5.62. The Morgan fingerprint density at radius 3 is 2.59 bits per heavy atom. The molecule has 1 atom stereocenters. The lowest BCUT2D eigenvalue weighted by atomic mass is 10.1. The molecule has 10 heteroatoms. The predicted molar refractivity (Wildman–Crippen MR) is 118 cm³/mol. The number of amides is 3. The molecule has 32 heavy (non-hydrogen) atoms. The van der Waals surface area contributed by atoms with Gasteiger partial charge in [0.2, 0.25) is 5.91 Å². The van der Waals surface area contributed by atoms with E-state index in [2.05, 4.69) is 5.32 Å². The number of benzene rings is 2. The van der Waals surface area contributed by atoms with Gasteiger partial charge in [-0.15, -0.1) is 0 Å². The highest BCUT2D eigenvalue weighted by Crippen LogP contribution is 2.38. The largest absolute Gasteiger partial charge is 0.493 e. The van der Waals surface area contributed by atoms with Crippen molar-refractivity contribution in [3.05, 3.63) is 53.1 Å². The monoisotopic (exact) mass is 465 g/mol. The van der Waals surface area contributed by atoms with Crippen LogP contribution in [0.4, 0.5) is 5.69 Å². The lowest BCUT2D eigenvalue weighted by Crippen LogP contribution is -2.37. The molecule has 1 aliphatic heterocycles. The third-order valence-corrected chi connectivity index (χ3v) is 5.12. The molecule has 0 fully saturated rings. The Morgan fingerprint density at radius 2 is 1.97 bits per heavy atom. The van der Waals surface area contributed by atoms with Gasteiger partial charge in [0.05, 0.1) is 42.3 Å². The highest BCUT2D eigenvalue weighted by atomic mass is 32.2.